The van der Waals surface area contributed by atoms with E-state index < -0.39 is 8.07 Å². The van der Waals surface area contributed by atoms with Crippen LogP contribution in [0.1, 0.15) is 11.1 Å². The molecule has 7 aromatic carbocycles. The van der Waals surface area contributed by atoms with Crippen molar-refractivity contribution in [2.24, 2.45) is 0 Å². The fourth-order valence-electron chi connectivity index (χ4n) is 9.12. The van der Waals surface area contributed by atoms with Crippen LogP contribution in [0.15, 0.2) is 158 Å². The maximum absolute atomic E-state index is 7.16. The summed E-state index contributed by atoms with van der Waals surface area (Å²) in [4.78, 5) is 4.96. The normalized spacial score (nSPS) is 14.5. The number of anilines is 6. The molecule has 0 saturated carbocycles. The summed E-state index contributed by atoms with van der Waals surface area (Å²) in [5.41, 5.74) is 13.8. The van der Waals surface area contributed by atoms with Gasteiger partial charge in [-0.2, -0.15) is 0 Å². The SMILES string of the molecule is Cc1cc2c3c(c1)[Si](c1ccccc1)(c1ccccc1)c1cc(C)cc4c1B3c1c(cc(Cl)cc1N4c1ccccc1)N2c1ccccc1. The fraction of sp³-hybridized carbons (Fsp3) is 0.0455. The minimum absolute atomic E-state index is 0.0615. The van der Waals surface area contributed by atoms with Crippen molar-refractivity contribution < 1.29 is 0 Å². The number of halogens is 1. The van der Waals surface area contributed by atoms with Gasteiger partial charge in [0.1, 0.15) is 0 Å². The van der Waals surface area contributed by atoms with Crippen LogP contribution in [-0.2, 0) is 0 Å². The second-order valence-corrected chi connectivity index (χ2v) is 17.8. The third kappa shape index (κ3) is 3.90. The molecule has 0 amide bonds. The van der Waals surface area contributed by atoms with E-state index in [1.807, 2.05) is 0 Å². The van der Waals surface area contributed by atoms with E-state index in [0.717, 1.165) is 27.8 Å². The summed E-state index contributed by atoms with van der Waals surface area (Å²) in [7, 11) is -2.87. The largest absolute Gasteiger partial charge is 0.311 e. The van der Waals surface area contributed by atoms with Gasteiger partial charge in [-0.25, -0.2) is 0 Å². The molecule has 49 heavy (non-hydrogen) atoms. The number of hydrogen-bond acceptors (Lipinski definition) is 2. The van der Waals surface area contributed by atoms with Gasteiger partial charge < -0.3 is 9.80 Å². The van der Waals surface area contributed by atoms with E-state index in [1.165, 1.54) is 59.6 Å². The first-order valence-corrected chi connectivity index (χ1v) is 19.4. The summed E-state index contributed by atoms with van der Waals surface area (Å²) < 4.78 is 0. The van der Waals surface area contributed by atoms with Gasteiger partial charge >= 0.3 is 0 Å². The molecule has 0 radical (unpaired) electrons. The van der Waals surface area contributed by atoms with Crippen molar-refractivity contribution >= 4 is 97.6 Å². The average Bonchev–Trinajstić information content (AvgIpc) is 3.13. The van der Waals surface area contributed by atoms with Crippen molar-refractivity contribution in [3.63, 3.8) is 0 Å². The Hall–Kier alpha value is -5.29. The molecule has 3 aliphatic rings. The molecule has 0 spiro atoms. The molecule has 0 bridgehead atoms. The summed E-state index contributed by atoms with van der Waals surface area (Å²) >= 11 is 7.16. The Morgan fingerprint density at radius 1 is 0.449 bits per heavy atom. The van der Waals surface area contributed by atoms with Crippen LogP contribution in [0.2, 0.25) is 5.02 Å². The van der Waals surface area contributed by atoms with E-state index in [4.69, 9.17) is 11.6 Å². The van der Waals surface area contributed by atoms with Crippen LogP contribution in [0.4, 0.5) is 34.1 Å². The molecule has 232 valence electrons. The van der Waals surface area contributed by atoms with Gasteiger partial charge in [-0.3, -0.25) is 0 Å². The highest BCUT2D eigenvalue weighted by Crippen LogP contribution is 2.46. The molecule has 0 aliphatic carbocycles. The molecule has 7 aromatic rings. The predicted molar refractivity (Wildman–Crippen MR) is 212 cm³/mol. The van der Waals surface area contributed by atoms with Crippen LogP contribution < -0.4 is 46.9 Å². The van der Waals surface area contributed by atoms with Gasteiger partial charge in [-0.05, 0) is 111 Å². The number of nitrogens with zero attached hydrogens (tertiary/aromatic N) is 2. The maximum Gasteiger partial charge on any atom is 0.251 e. The molecule has 0 atom stereocenters. The molecule has 0 saturated heterocycles. The Balaban J connectivity index is 1.46. The first kappa shape index (κ1) is 28.7. The van der Waals surface area contributed by atoms with Gasteiger partial charge in [0.05, 0.1) is 0 Å². The van der Waals surface area contributed by atoms with Crippen LogP contribution in [0, 0.1) is 13.8 Å². The molecule has 3 aliphatic heterocycles. The van der Waals surface area contributed by atoms with E-state index in [2.05, 4.69) is 181 Å². The number of para-hydroxylation sites is 2. The number of aryl methyl sites for hydroxylation is 2. The Morgan fingerprint density at radius 3 is 1.22 bits per heavy atom. The zero-order valence-corrected chi connectivity index (χ0v) is 29.1. The van der Waals surface area contributed by atoms with Crippen molar-refractivity contribution in [3.05, 3.63) is 174 Å². The standard InChI is InChI=1S/C44H32BClN2Si/c1-29-23-36-43-40(25-29)49(34-19-11-5-12-20-34,35-21-13-6-14-22-35)41-26-30(2)24-37-44(41)45(43)42-38(47(36)32-15-7-3-8-16-32)27-31(46)28-39(42)48(37)33-17-9-4-10-18-33/h3-28H,1-2H3. The first-order valence-electron chi connectivity index (χ1n) is 17.0. The quantitative estimate of drug-likeness (QED) is 0.193. The molecule has 0 unspecified atom stereocenters. The molecule has 10 rings (SSSR count). The van der Waals surface area contributed by atoms with Crippen molar-refractivity contribution in [3.8, 4) is 0 Å². The lowest BCUT2D eigenvalue weighted by Gasteiger charge is -2.51. The smallest absolute Gasteiger partial charge is 0.251 e. The van der Waals surface area contributed by atoms with E-state index >= 15 is 0 Å². The van der Waals surface area contributed by atoms with E-state index in [0.29, 0.717) is 0 Å². The fourth-order valence-corrected chi connectivity index (χ4v) is 14.8. The van der Waals surface area contributed by atoms with Crippen LogP contribution >= 0.6 is 11.6 Å². The summed E-state index contributed by atoms with van der Waals surface area (Å²) in [6.07, 6.45) is 0. The second kappa shape index (κ2) is 10.6. The summed E-state index contributed by atoms with van der Waals surface area (Å²) in [6, 6.07) is 58.7. The van der Waals surface area contributed by atoms with Crippen molar-refractivity contribution in [2.75, 3.05) is 9.80 Å². The Morgan fingerprint density at radius 2 is 0.816 bits per heavy atom. The van der Waals surface area contributed by atoms with Gasteiger partial charge in [0.15, 0.2) is 8.07 Å². The zero-order chi connectivity index (χ0) is 32.9. The molecule has 5 heteroatoms. The lowest BCUT2D eigenvalue weighted by atomic mass is 9.33. The van der Waals surface area contributed by atoms with E-state index in [-0.39, 0.29) is 6.71 Å². The first-order chi connectivity index (χ1) is 24.1. The van der Waals surface area contributed by atoms with Gasteiger partial charge in [0.2, 0.25) is 0 Å². The molecule has 3 heterocycles. The molecule has 0 fully saturated rings. The topological polar surface area (TPSA) is 6.48 Å². The van der Waals surface area contributed by atoms with Gasteiger partial charge in [0, 0.05) is 39.1 Å². The summed E-state index contributed by atoms with van der Waals surface area (Å²) in [6.45, 7) is 4.60. The average molecular weight is 663 g/mol. The highest BCUT2D eigenvalue weighted by molar-refractivity contribution is 7.27. The van der Waals surface area contributed by atoms with Crippen molar-refractivity contribution in [1.29, 1.82) is 0 Å². The van der Waals surface area contributed by atoms with Gasteiger partial charge in [0.25, 0.3) is 6.71 Å². The van der Waals surface area contributed by atoms with Crippen LogP contribution in [0.5, 0.6) is 0 Å². The highest BCUT2D eigenvalue weighted by atomic mass is 35.5. The van der Waals surface area contributed by atoms with E-state index in [9.17, 15) is 0 Å². The van der Waals surface area contributed by atoms with Gasteiger partial charge in [-0.1, -0.05) is 121 Å². The summed E-state index contributed by atoms with van der Waals surface area (Å²) in [5, 5.41) is 6.51. The lowest BCUT2D eigenvalue weighted by molar-refractivity contribution is 1.24. The van der Waals surface area contributed by atoms with Crippen LogP contribution in [0.3, 0.4) is 0 Å². The highest BCUT2D eigenvalue weighted by Gasteiger charge is 2.56. The third-order valence-electron chi connectivity index (χ3n) is 10.8. The minimum atomic E-state index is -2.87. The molecule has 2 nitrogen and oxygen atoms in total. The third-order valence-corrected chi connectivity index (χ3v) is 15.8. The monoisotopic (exact) mass is 662 g/mol. The maximum atomic E-state index is 7.16. The predicted octanol–water partition coefficient (Wildman–Crippen LogP) is 6.73. The second-order valence-electron chi connectivity index (χ2n) is 13.6. The Labute approximate surface area is 294 Å². The molecular formula is C44H32BClN2Si. The summed E-state index contributed by atoms with van der Waals surface area (Å²) in [5.74, 6) is 0. The van der Waals surface area contributed by atoms with Gasteiger partial charge in [-0.15, -0.1) is 0 Å². The molecule has 0 N–H and O–H groups in total. The molecule has 0 aromatic heterocycles. The Kier molecular flexibility index (Phi) is 6.21. The number of hydrogen-bond donors (Lipinski definition) is 0. The zero-order valence-electron chi connectivity index (χ0n) is 27.4. The number of rotatable bonds is 4. The van der Waals surface area contributed by atoms with Crippen LogP contribution in [0.25, 0.3) is 0 Å². The molecular weight excluding hydrogens is 631 g/mol. The minimum Gasteiger partial charge on any atom is -0.311 e. The Bertz CT molecular complexity index is 2270. The van der Waals surface area contributed by atoms with Crippen LogP contribution in [-0.4, -0.2) is 14.8 Å². The van der Waals surface area contributed by atoms with Crippen molar-refractivity contribution in [2.45, 2.75) is 13.8 Å². The van der Waals surface area contributed by atoms with Crippen molar-refractivity contribution in [1.82, 2.24) is 0 Å². The number of benzene rings is 7. The lowest BCUT2D eigenvalue weighted by Crippen LogP contribution is -2.88. The van der Waals surface area contributed by atoms with E-state index in [1.54, 1.807) is 0 Å².